The van der Waals surface area contributed by atoms with Crippen LogP contribution in [0.4, 0.5) is 0 Å². The monoisotopic (exact) mass is 222 g/mol. The Hall–Kier alpha value is -1.55. The van der Waals surface area contributed by atoms with E-state index in [1.54, 1.807) is 12.1 Å². The fourth-order valence-electron chi connectivity index (χ4n) is 1.89. The number of likely N-dealkylation sites (N-methyl/N-ethyl adjacent to an activating group) is 1. The van der Waals surface area contributed by atoms with Crippen LogP contribution in [0.2, 0.25) is 0 Å². The van der Waals surface area contributed by atoms with Crippen LogP contribution >= 0.6 is 0 Å². The van der Waals surface area contributed by atoms with E-state index in [0.29, 0.717) is 0 Å². The SMILES string of the molecule is CCC(c1ccccc1O)N(C)CC(N)=O. The van der Waals surface area contributed by atoms with E-state index in [0.717, 1.165) is 12.0 Å². The second-order valence-corrected chi connectivity index (χ2v) is 3.86. The molecule has 1 aromatic carbocycles. The van der Waals surface area contributed by atoms with Gasteiger partial charge in [0, 0.05) is 11.6 Å². The van der Waals surface area contributed by atoms with E-state index < -0.39 is 0 Å². The summed E-state index contributed by atoms with van der Waals surface area (Å²) < 4.78 is 0. The topological polar surface area (TPSA) is 66.6 Å². The summed E-state index contributed by atoms with van der Waals surface area (Å²) in [5.41, 5.74) is 5.99. The van der Waals surface area contributed by atoms with E-state index in [-0.39, 0.29) is 24.2 Å². The molecule has 88 valence electrons. The predicted octanol–water partition coefficient (Wildman–Crippen LogP) is 1.26. The standard InChI is InChI=1S/C12H18N2O2/c1-3-10(14(2)8-12(13)16)9-6-4-5-7-11(9)15/h4-7,10,15H,3,8H2,1-2H3,(H2,13,16). The quantitative estimate of drug-likeness (QED) is 0.788. The van der Waals surface area contributed by atoms with Gasteiger partial charge in [0.2, 0.25) is 5.91 Å². The first-order chi connectivity index (χ1) is 7.56. The van der Waals surface area contributed by atoms with E-state index >= 15 is 0 Å². The zero-order chi connectivity index (χ0) is 12.1. The second-order valence-electron chi connectivity index (χ2n) is 3.86. The molecule has 0 heterocycles. The lowest BCUT2D eigenvalue weighted by molar-refractivity contribution is -0.119. The minimum absolute atomic E-state index is 0.00806. The number of hydrogen-bond donors (Lipinski definition) is 2. The average molecular weight is 222 g/mol. The van der Waals surface area contributed by atoms with E-state index in [9.17, 15) is 9.90 Å². The third kappa shape index (κ3) is 2.97. The van der Waals surface area contributed by atoms with Crippen LogP contribution in [0.3, 0.4) is 0 Å². The Labute approximate surface area is 95.7 Å². The number of benzene rings is 1. The van der Waals surface area contributed by atoms with Crippen LogP contribution in [0.25, 0.3) is 0 Å². The van der Waals surface area contributed by atoms with Crippen molar-refractivity contribution < 1.29 is 9.90 Å². The number of nitrogens with two attached hydrogens (primary N) is 1. The molecule has 4 nitrogen and oxygen atoms in total. The van der Waals surface area contributed by atoms with Gasteiger partial charge in [0.25, 0.3) is 0 Å². The highest BCUT2D eigenvalue weighted by molar-refractivity contribution is 5.75. The number of hydrogen-bond acceptors (Lipinski definition) is 3. The molecule has 0 aliphatic carbocycles. The molecule has 0 aromatic heterocycles. The van der Waals surface area contributed by atoms with Gasteiger partial charge in [-0.25, -0.2) is 0 Å². The molecule has 0 spiro atoms. The highest BCUT2D eigenvalue weighted by atomic mass is 16.3. The number of carbonyl (C=O) groups excluding carboxylic acids is 1. The first kappa shape index (κ1) is 12.5. The Kier molecular flexibility index (Phi) is 4.31. The zero-order valence-corrected chi connectivity index (χ0v) is 9.68. The molecule has 3 N–H and O–H groups in total. The molecular formula is C12H18N2O2. The molecule has 0 bridgehead atoms. The van der Waals surface area contributed by atoms with Crippen molar-refractivity contribution in [3.8, 4) is 5.75 Å². The molecular weight excluding hydrogens is 204 g/mol. The van der Waals surface area contributed by atoms with Gasteiger partial charge >= 0.3 is 0 Å². The first-order valence-electron chi connectivity index (χ1n) is 5.32. The summed E-state index contributed by atoms with van der Waals surface area (Å²) in [6.07, 6.45) is 0.807. The number of para-hydroxylation sites is 1. The van der Waals surface area contributed by atoms with Gasteiger partial charge < -0.3 is 10.8 Å². The van der Waals surface area contributed by atoms with Crippen molar-refractivity contribution in [2.24, 2.45) is 5.73 Å². The van der Waals surface area contributed by atoms with Gasteiger partial charge in [-0.05, 0) is 19.5 Å². The minimum atomic E-state index is -0.364. The minimum Gasteiger partial charge on any atom is -0.508 e. The van der Waals surface area contributed by atoms with E-state index in [1.165, 1.54) is 0 Å². The van der Waals surface area contributed by atoms with Crippen LogP contribution in [-0.4, -0.2) is 29.5 Å². The molecule has 16 heavy (non-hydrogen) atoms. The van der Waals surface area contributed by atoms with Crippen molar-refractivity contribution in [2.45, 2.75) is 19.4 Å². The Balaban J connectivity index is 2.90. The number of primary amides is 1. The molecule has 1 atom stereocenters. The van der Waals surface area contributed by atoms with Gasteiger partial charge in [0.1, 0.15) is 5.75 Å². The molecule has 0 fully saturated rings. The van der Waals surface area contributed by atoms with E-state index in [4.69, 9.17) is 5.73 Å². The lowest BCUT2D eigenvalue weighted by Gasteiger charge is -2.26. The third-order valence-corrected chi connectivity index (χ3v) is 2.62. The van der Waals surface area contributed by atoms with E-state index in [2.05, 4.69) is 0 Å². The number of carbonyl (C=O) groups is 1. The summed E-state index contributed by atoms with van der Waals surface area (Å²) in [7, 11) is 1.82. The van der Waals surface area contributed by atoms with Crippen LogP contribution in [0.5, 0.6) is 5.75 Å². The summed E-state index contributed by atoms with van der Waals surface area (Å²) in [5.74, 6) is -0.109. The third-order valence-electron chi connectivity index (χ3n) is 2.62. The van der Waals surface area contributed by atoms with Gasteiger partial charge in [0.05, 0.1) is 6.54 Å². The average Bonchev–Trinajstić information content (AvgIpc) is 2.20. The maximum atomic E-state index is 10.9. The highest BCUT2D eigenvalue weighted by Crippen LogP contribution is 2.29. The van der Waals surface area contributed by atoms with Gasteiger partial charge in [0.15, 0.2) is 0 Å². The number of nitrogens with zero attached hydrogens (tertiary/aromatic N) is 1. The van der Waals surface area contributed by atoms with Crippen molar-refractivity contribution in [2.75, 3.05) is 13.6 Å². The molecule has 1 aromatic rings. The molecule has 1 unspecified atom stereocenters. The Morgan fingerprint density at radius 2 is 2.12 bits per heavy atom. The molecule has 0 aliphatic rings. The summed E-state index contributed by atoms with van der Waals surface area (Å²) in [6, 6.07) is 7.17. The summed E-state index contributed by atoms with van der Waals surface area (Å²) in [6.45, 7) is 2.20. The molecule has 0 saturated carbocycles. The predicted molar refractivity (Wildman–Crippen MR) is 63.0 cm³/mol. The molecule has 0 radical (unpaired) electrons. The number of aromatic hydroxyl groups is 1. The van der Waals surface area contributed by atoms with E-state index in [1.807, 2.05) is 31.0 Å². The van der Waals surface area contributed by atoms with Crippen LogP contribution in [0, 0.1) is 0 Å². The van der Waals surface area contributed by atoms with Crippen molar-refractivity contribution >= 4 is 5.91 Å². The second kappa shape index (κ2) is 5.51. The Morgan fingerprint density at radius 3 is 2.62 bits per heavy atom. The highest BCUT2D eigenvalue weighted by Gasteiger charge is 2.18. The fraction of sp³-hybridized carbons (Fsp3) is 0.417. The van der Waals surface area contributed by atoms with Crippen molar-refractivity contribution in [1.82, 2.24) is 4.90 Å². The molecule has 4 heteroatoms. The van der Waals surface area contributed by atoms with Crippen LogP contribution in [0.15, 0.2) is 24.3 Å². The molecule has 0 aliphatic heterocycles. The maximum absolute atomic E-state index is 10.9. The number of phenolic OH excluding ortho intramolecular Hbond substituents is 1. The van der Waals surface area contributed by atoms with Crippen molar-refractivity contribution in [1.29, 1.82) is 0 Å². The van der Waals surface area contributed by atoms with Crippen molar-refractivity contribution in [3.05, 3.63) is 29.8 Å². The van der Waals surface area contributed by atoms with Gasteiger partial charge in [-0.2, -0.15) is 0 Å². The van der Waals surface area contributed by atoms with Crippen LogP contribution in [-0.2, 0) is 4.79 Å². The smallest absolute Gasteiger partial charge is 0.231 e. The van der Waals surface area contributed by atoms with Crippen molar-refractivity contribution in [3.63, 3.8) is 0 Å². The number of phenols is 1. The van der Waals surface area contributed by atoms with Crippen LogP contribution in [0.1, 0.15) is 24.9 Å². The van der Waals surface area contributed by atoms with Crippen LogP contribution < -0.4 is 5.73 Å². The molecule has 1 amide bonds. The normalized spacial score (nSPS) is 12.7. The Morgan fingerprint density at radius 1 is 1.50 bits per heavy atom. The Bertz CT molecular complexity index is 366. The summed E-state index contributed by atoms with van der Waals surface area (Å²) in [4.78, 5) is 12.7. The van der Waals surface area contributed by atoms with Gasteiger partial charge in [-0.15, -0.1) is 0 Å². The number of amides is 1. The lowest BCUT2D eigenvalue weighted by atomic mass is 10.0. The zero-order valence-electron chi connectivity index (χ0n) is 9.68. The number of rotatable bonds is 5. The lowest BCUT2D eigenvalue weighted by Crippen LogP contribution is -2.33. The first-order valence-corrected chi connectivity index (χ1v) is 5.32. The molecule has 0 saturated heterocycles. The van der Waals surface area contributed by atoms with Gasteiger partial charge in [-0.1, -0.05) is 25.1 Å². The van der Waals surface area contributed by atoms with Gasteiger partial charge in [-0.3, -0.25) is 9.69 Å². The summed E-state index contributed by atoms with van der Waals surface area (Å²) >= 11 is 0. The molecule has 1 rings (SSSR count). The fourth-order valence-corrected chi connectivity index (χ4v) is 1.89. The largest absolute Gasteiger partial charge is 0.508 e. The maximum Gasteiger partial charge on any atom is 0.231 e. The summed E-state index contributed by atoms with van der Waals surface area (Å²) in [5, 5.41) is 9.75.